The first kappa shape index (κ1) is 41.2. The van der Waals surface area contributed by atoms with Crippen LogP contribution in [0.2, 0.25) is 0 Å². The van der Waals surface area contributed by atoms with Gasteiger partial charge < -0.3 is 54.8 Å². The SMILES string of the molecule is N=C1N=C([O-])C2=NC[NH+](c3ccccc3Cc3cc4c(c(OCC(O)CC=O)c3OC3OC(C5(O)CCCCC5)C(O)C(O)C3O)C(=O)c3cc(CO)ccc3C4=O)C2=N1. The van der Waals surface area contributed by atoms with Gasteiger partial charge in [-0.1, -0.05) is 43.5 Å². The lowest BCUT2D eigenvalue weighted by atomic mass is 9.76. The van der Waals surface area contributed by atoms with Crippen LogP contribution in [0.5, 0.6) is 11.5 Å². The maximum Gasteiger partial charge on any atom is 0.262 e. The van der Waals surface area contributed by atoms with Crippen molar-refractivity contribution in [2.24, 2.45) is 15.0 Å². The van der Waals surface area contributed by atoms with Crippen molar-refractivity contribution >= 4 is 46.9 Å². The minimum absolute atomic E-state index is 0.00339. The zero-order chi connectivity index (χ0) is 42.5. The molecule has 1 saturated carbocycles. The Hall–Kier alpha value is -5.57. The molecule has 0 bridgehead atoms. The largest absolute Gasteiger partial charge is 0.857 e. The van der Waals surface area contributed by atoms with Crippen molar-refractivity contribution in [1.82, 2.24) is 0 Å². The molecule has 0 aromatic heterocycles. The summed E-state index contributed by atoms with van der Waals surface area (Å²) in [4.78, 5) is 52.9. The summed E-state index contributed by atoms with van der Waals surface area (Å²) in [6, 6.07) is 12.7. The third-order valence-electron chi connectivity index (χ3n) is 11.6. The van der Waals surface area contributed by atoms with Gasteiger partial charge in [0.25, 0.3) is 5.84 Å². The van der Waals surface area contributed by atoms with Crippen LogP contribution >= 0.6 is 0 Å². The molecule has 2 fully saturated rings. The molecule has 0 radical (unpaired) electrons. The lowest BCUT2D eigenvalue weighted by molar-refractivity contribution is -0.723. The van der Waals surface area contributed by atoms with Crippen molar-refractivity contribution in [1.29, 1.82) is 5.41 Å². The molecular formula is C42H43N5O13. The monoisotopic (exact) mass is 825 g/mol. The number of aldehydes is 1. The molecule has 3 aromatic rings. The number of hydrogen-bond donors (Lipinski definition) is 8. The Labute approximate surface area is 342 Å². The van der Waals surface area contributed by atoms with Gasteiger partial charge >= 0.3 is 0 Å². The zero-order valence-corrected chi connectivity index (χ0v) is 32.1. The van der Waals surface area contributed by atoms with Crippen LogP contribution in [-0.4, -0.2) is 128 Å². The van der Waals surface area contributed by atoms with Crippen molar-refractivity contribution in [2.75, 3.05) is 13.3 Å². The fourth-order valence-corrected chi connectivity index (χ4v) is 8.57. The van der Waals surface area contributed by atoms with Gasteiger partial charge in [-0.25, -0.2) is 14.9 Å². The van der Waals surface area contributed by atoms with Gasteiger partial charge in [0.05, 0.1) is 23.9 Å². The van der Waals surface area contributed by atoms with Crippen LogP contribution in [-0.2, 0) is 22.6 Å². The average Bonchev–Trinajstić information content (AvgIpc) is 3.66. The topological polar surface area (TPSA) is 289 Å². The van der Waals surface area contributed by atoms with Crippen molar-refractivity contribution in [2.45, 2.75) is 94.0 Å². The number of rotatable bonds is 12. The molecule has 5 aliphatic rings. The fourth-order valence-electron chi connectivity index (χ4n) is 8.57. The molecule has 0 spiro atoms. The Balaban J connectivity index is 1.29. The number of carbonyl (C=O) groups excluding carboxylic acids is 3. The molecule has 8 rings (SSSR count). The minimum Gasteiger partial charge on any atom is -0.857 e. The van der Waals surface area contributed by atoms with E-state index in [4.69, 9.17) is 19.6 Å². The number of quaternary nitrogens is 1. The maximum absolute atomic E-state index is 14.5. The number of amidine groups is 1. The summed E-state index contributed by atoms with van der Waals surface area (Å²) in [7, 11) is 0. The van der Waals surface area contributed by atoms with E-state index in [9.17, 15) is 50.1 Å². The summed E-state index contributed by atoms with van der Waals surface area (Å²) in [5.74, 6) is -2.95. The van der Waals surface area contributed by atoms with Gasteiger partial charge in [-0.15, -0.1) is 0 Å². The maximum atomic E-state index is 14.5. The lowest BCUT2D eigenvalue weighted by Gasteiger charge is -2.48. The quantitative estimate of drug-likeness (QED) is 0.0780. The van der Waals surface area contributed by atoms with E-state index in [0.717, 1.165) is 6.42 Å². The number of nitrogens with zero attached hydrogens (tertiary/aromatic N) is 3. The molecule has 60 heavy (non-hydrogen) atoms. The van der Waals surface area contributed by atoms with E-state index >= 15 is 0 Å². The number of carbonyl (C=O) groups is 3. The number of ketones is 2. The second kappa shape index (κ2) is 16.5. The van der Waals surface area contributed by atoms with Gasteiger partial charge in [0.1, 0.15) is 43.0 Å². The standard InChI is InChI=1S/C42H43N5O13/c43-41-45-38-29(39(56)46-41)44-19-47(38)27-7-3-2-6-21(27)15-22-16-26-28(31(52)25-14-20(17-49)8-9-24(25)30(26)51)36(58-18-23(50)10-13-48)35(22)59-40-34(55)32(53)33(54)37(60-40)42(57)11-4-1-5-12-42/h2-3,6-9,13-14,16,23,32-34,37,40,49-50,53-55,57H,1,4-5,10-12,15,17-19H2,(H2,43,46,56). The van der Waals surface area contributed by atoms with Crippen LogP contribution < -0.4 is 19.5 Å². The van der Waals surface area contributed by atoms with Gasteiger partial charge in [0, 0.05) is 46.6 Å². The number of fused-ring (bicyclic) bond motifs is 3. The number of para-hydroxylation sites is 1. The lowest BCUT2D eigenvalue weighted by Crippen LogP contribution is -3.09. The van der Waals surface area contributed by atoms with Crippen LogP contribution in [0.1, 0.15) is 87.1 Å². The zero-order valence-electron chi connectivity index (χ0n) is 32.1. The summed E-state index contributed by atoms with van der Waals surface area (Å²) in [5, 5.41) is 86.6. The van der Waals surface area contributed by atoms with E-state index in [1.807, 2.05) is 0 Å². The van der Waals surface area contributed by atoms with Gasteiger partial charge in [0.15, 0.2) is 35.4 Å². The van der Waals surface area contributed by atoms with E-state index < -0.39 is 79.0 Å². The van der Waals surface area contributed by atoms with E-state index in [2.05, 4.69) is 15.0 Å². The van der Waals surface area contributed by atoms with Crippen LogP contribution in [0, 0.1) is 5.41 Å². The number of aliphatic imine (C=N–C) groups is 3. The summed E-state index contributed by atoms with van der Waals surface area (Å²) in [6.45, 7) is -0.980. The molecule has 3 heterocycles. The number of nitrogens with one attached hydrogen (secondary N) is 2. The summed E-state index contributed by atoms with van der Waals surface area (Å²) in [5.41, 5.74) is -0.381. The molecule has 0 amide bonds. The number of hydrogen-bond acceptors (Lipinski definition) is 15. The smallest absolute Gasteiger partial charge is 0.262 e. The van der Waals surface area contributed by atoms with Crippen LogP contribution in [0.15, 0.2) is 63.5 Å². The second-order valence-corrected chi connectivity index (χ2v) is 15.5. The Bertz CT molecular complexity index is 2360. The van der Waals surface area contributed by atoms with Gasteiger partial charge in [0.2, 0.25) is 12.2 Å². The predicted molar refractivity (Wildman–Crippen MR) is 208 cm³/mol. The number of aliphatic hydroxyl groups is 6. The van der Waals surface area contributed by atoms with E-state index in [0.29, 0.717) is 40.8 Å². The van der Waals surface area contributed by atoms with Crippen molar-refractivity contribution in [3.05, 3.63) is 87.5 Å². The van der Waals surface area contributed by atoms with E-state index in [1.54, 1.807) is 24.3 Å². The molecule has 2 aliphatic carbocycles. The van der Waals surface area contributed by atoms with Gasteiger partial charge in [-0.3, -0.25) is 15.0 Å². The van der Waals surface area contributed by atoms with Gasteiger partial charge in [-0.05, 0) is 42.7 Å². The third kappa shape index (κ3) is 7.34. The Morgan fingerprint density at radius 1 is 0.950 bits per heavy atom. The Morgan fingerprint density at radius 2 is 1.72 bits per heavy atom. The first-order valence-corrected chi connectivity index (χ1v) is 19.6. The Kier molecular flexibility index (Phi) is 11.3. The van der Waals surface area contributed by atoms with E-state index in [-0.39, 0.29) is 83.2 Å². The molecule has 7 atom stereocenters. The molecule has 314 valence electrons. The third-order valence-corrected chi connectivity index (χ3v) is 11.6. The number of ether oxygens (including phenoxy) is 3. The summed E-state index contributed by atoms with van der Waals surface area (Å²) in [6.07, 6.45) is -7.60. The minimum atomic E-state index is -1.93. The molecule has 8 N–H and O–H groups in total. The highest BCUT2D eigenvalue weighted by atomic mass is 16.7. The van der Waals surface area contributed by atoms with Crippen molar-refractivity contribution < 1.29 is 69.2 Å². The normalized spacial score (nSPS) is 26.2. The predicted octanol–water partition coefficient (Wildman–Crippen LogP) is -1.21. The van der Waals surface area contributed by atoms with Crippen molar-refractivity contribution in [3.63, 3.8) is 0 Å². The number of aliphatic hydroxyl groups excluding tert-OH is 5. The Morgan fingerprint density at radius 3 is 2.47 bits per heavy atom. The highest BCUT2D eigenvalue weighted by Crippen LogP contribution is 2.46. The molecule has 3 aliphatic heterocycles. The molecule has 7 unspecified atom stereocenters. The van der Waals surface area contributed by atoms with Crippen LogP contribution in [0.3, 0.4) is 0 Å². The van der Waals surface area contributed by atoms with Crippen LogP contribution in [0.4, 0.5) is 5.69 Å². The first-order valence-electron chi connectivity index (χ1n) is 19.6. The van der Waals surface area contributed by atoms with Crippen LogP contribution in [0.25, 0.3) is 0 Å². The molecule has 1 saturated heterocycles. The summed E-state index contributed by atoms with van der Waals surface area (Å²) < 4.78 is 18.8. The first-order chi connectivity index (χ1) is 28.8. The highest BCUT2D eigenvalue weighted by molar-refractivity contribution is 6.66. The average molecular weight is 826 g/mol. The van der Waals surface area contributed by atoms with Gasteiger partial charge in [-0.2, -0.15) is 4.99 Å². The van der Waals surface area contributed by atoms with Crippen molar-refractivity contribution in [3.8, 4) is 11.5 Å². The molecule has 18 nitrogen and oxygen atoms in total. The molecule has 18 heteroatoms. The number of benzene rings is 3. The molecule has 3 aromatic carbocycles. The second-order valence-electron chi connectivity index (χ2n) is 15.5. The number of guanidine groups is 1. The molecular weight excluding hydrogens is 782 g/mol. The highest BCUT2D eigenvalue weighted by Gasteiger charge is 2.54. The summed E-state index contributed by atoms with van der Waals surface area (Å²) >= 11 is 0. The van der Waals surface area contributed by atoms with E-state index in [1.165, 1.54) is 24.3 Å². The fraction of sp³-hybridized carbons (Fsp3) is 0.405.